The molecule has 4 N–H and O–H groups in total. The molecule has 0 aromatic rings. The SMILES string of the molecule is CCCO[Si](CC(C)N)(OCCC)OC(C)(N)CC. The monoisotopic (exact) mass is 292 g/mol. The maximum absolute atomic E-state index is 6.13. The van der Waals surface area contributed by atoms with Gasteiger partial charge in [-0.25, -0.2) is 0 Å². The highest BCUT2D eigenvalue weighted by Gasteiger charge is 2.46. The van der Waals surface area contributed by atoms with Crippen LogP contribution in [0.2, 0.25) is 6.04 Å². The predicted molar refractivity (Wildman–Crippen MR) is 80.7 cm³/mol. The van der Waals surface area contributed by atoms with Crippen molar-refractivity contribution < 1.29 is 13.3 Å². The molecule has 0 heterocycles. The van der Waals surface area contributed by atoms with Crippen molar-refractivity contribution in [3.8, 4) is 0 Å². The fourth-order valence-corrected chi connectivity index (χ4v) is 4.79. The molecule has 2 unspecified atom stereocenters. The van der Waals surface area contributed by atoms with Gasteiger partial charge in [-0.3, -0.25) is 0 Å². The van der Waals surface area contributed by atoms with Gasteiger partial charge in [-0.1, -0.05) is 20.8 Å². The molecule has 0 aliphatic heterocycles. The van der Waals surface area contributed by atoms with Crippen LogP contribution in [0.3, 0.4) is 0 Å². The Kier molecular flexibility index (Phi) is 9.05. The molecule has 0 spiro atoms. The third-order valence-electron chi connectivity index (χ3n) is 2.71. The molecule has 0 saturated heterocycles. The minimum absolute atomic E-state index is 0.0342. The smallest absolute Gasteiger partial charge is 0.373 e. The van der Waals surface area contributed by atoms with Gasteiger partial charge in [0.05, 0.1) is 0 Å². The van der Waals surface area contributed by atoms with Crippen LogP contribution < -0.4 is 11.5 Å². The lowest BCUT2D eigenvalue weighted by Gasteiger charge is -2.37. The molecule has 5 nitrogen and oxygen atoms in total. The highest BCUT2D eigenvalue weighted by atomic mass is 28.4. The first-order valence-electron chi connectivity index (χ1n) is 7.33. The van der Waals surface area contributed by atoms with E-state index in [-0.39, 0.29) is 6.04 Å². The molecule has 0 radical (unpaired) electrons. The zero-order chi connectivity index (χ0) is 14.9. The minimum Gasteiger partial charge on any atom is -0.373 e. The van der Waals surface area contributed by atoms with E-state index in [9.17, 15) is 0 Å². The second-order valence-electron chi connectivity index (χ2n) is 5.33. The van der Waals surface area contributed by atoms with Crippen LogP contribution in [0.5, 0.6) is 0 Å². The van der Waals surface area contributed by atoms with E-state index >= 15 is 0 Å². The average molecular weight is 292 g/mol. The fraction of sp³-hybridized carbons (Fsp3) is 1.00. The van der Waals surface area contributed by atoms with Crippen LogP contribution in [0.15, 0.2) is 0 Å². The van der Waals surface area contributed by atoms with E-state index in [0.29, 0.717) is 25.7 Å². The molecule has 2 atom stereocenters. The van der Waals surface area contributed by atoms with E-state index in [1.165, 1.54) is 0 Å². The molecule has 0 aromatic heterocycles. The summed E-state index contributed by atoms with van der Waals surface area (Å²) < 4.78 is 18.0. The lowest BCUT2D eigenvalue weighted by molar-refractivity contribution is -0.0230. The van der Waals surface area contributed by atoms with Crippen LogP contribution in [0.4, 0.5) is 0 Å². The lowest BCUT2D eigenvalue weighted by Crippen LogP contribution is -2.57. The zero-order valence-electron chi connectivity index (χ0n) is 13.2. The summed E-state index contributed by atoms with van der Waals surface area (Å²) >= 11 is 0. The molecule has 0 aliphatic rings. The van der Waals surface area contributed by atoms with Crippen molar-refractivity contribution >= 4 is 8.80 Å². The Hall–Kier alpha value is 0.0169. The number of rotatable bonds is 11. The van der Waals surface area contributed by atoms with Crippen molar-refractivity contribution in [1.82, 2.24) is 0 Å². The fourth-order valence-electron chi connectivity index (χ4n) is 1.60. The molecule has 0 rings (SSSR count). The van der Waals surface area contributed by atoms with E-state index in [1.807, 2.05) is 20.8 Å². The second-order valence-corrected chi connectivity index (χ2v) is 7.89. The van der Waals surface area contributed by atoms with Gasteiger partial charge in [-0.05, 0) is 33.1 Å². The highest BCUT2D eigenvalue weighted by molar-refractivity contribution is 6.61. The van der Waals surface area contributed by atoms with E-state index in [1.54, 1.807) is 0 Å². The quantitative estimate of drug-likeness (QED) is 0.451. The molecular weight excluding hydrogens is 260 g/mol. The zero-order valence-corrected chi connectivity index (χ0v) is 14.2. The van der Waals surface area contributed by atoms with Crippen LogP contribution in [0, 0.1) is 0 Å². The summed E-state index contributed by atoms with van der Waals surface area (Å²) in [6.45, 7) is 11.1. The maximum Gasteiger partial charge on any atom is 0.503 e. The number of nitrogens with two attached hydrogens (primary N) is 2. The van der Waals surface area contributed by atoms with Gasteiger partial charge in [0.15, 0.2) is 0 Å². The largest absolute Gasteiger partial charge is 0.503 e. The summed E-state index contributed by atoms with van der Waals surface area (Å²) in [6, 6.07) is 0.563. The van der Waals surface area contributed by atoms with Gasteiger partial charge >= 0.3 is 8.80 Å². The van der Waals surface area contributed by atoms with Crippen LogP contribution in [0.1, 0.15) is 53.9 Å². The van der Waals surface area contributed by atoms with Crippen molar-refractivity contribution in [2.24, 2.45) is 11.5 Å². The topological polar surface area (TPSA) is 79.7 Å². The first-order valence-corrected chi connectivity index (χ1v) is 9.26. The number of hydrogen-bond donors (Lipinski definition) is 2. The van der Waals surface area contributed by atoms with Gasteiger partial charge in [-0.2, -0.15) is 0 Å². The first-order chi connectivity index (χ1) is 8.81. The second kappa shape index (κ2) is 9.04. The van der Waals surface area contributed by atoms with E-state index in [4.69, 9.17) is 24.7 Å². The summed E-state index contributed by atoms with van der Waals surface area (Å²) in [4.78, 5) is 0. The molecule has 0 saturated carbocycles. The van der Waals surface area contributed by atoms with E-state index in [2.05, 4.69) is 13.8 Å². The van der Waals surface area contributed by atoms with Gasteiger partial charge in [0.1, 0.15) is 5.72 Å². The summed E-state index contributed by atoms with van der Waals surface area (Å²) in [5, 5.41) is 0. The molecule has 0 amide bonds. The van der Waals surface area contributed by atoms with Gasteiger partial charge in [0.2, 0.25) is 0 Å². The Balaban J connectivity index is 4.97. The average Bonchev–Trinajstić information content (AvgIpc) is 2.32. The van der Waals surface area contributed by atoms with Crippen molar-refractivity contribution in [3.63, 3.8) is 0 Å². The van der Waals surface area contributed by atoms with Gasteiger partial charge in [0.25, 0.3) is 0 Å². The third kappa shape index (κ3) is 8.01. The summed E-state index contributed by atoms with van der Waals surface area (Å²) in [5.74, 6) is 0. The van der Waals surface area contributed by atoms with Crippen molar-refractivity contribution in [2.75, 3.05) is 13.2 Å². The number of hydrogen-bond acceptors (Lipinski definition) is 5. The molecule has 0 bridgehead atoms. The predicted octanol–water partition coefficient (Wildman–Crippen LogP) is 2.23. The Morgan fingerprint density at radius 2 is 1.58 bits per heavy atom. The normalized spacial score (nSPS) is 17.2. The summed E-state index contributed by atoms with van der Waals surface area (Å²) in [6.07, 6.45) is 2.53. The van der Waals surface area contributed by atoms with Gasteiger partial charge < -0.3 is 24.7 Å². The van der Waals surface area contributed by atoms with Crippen molar-refractivity contribution in [3.05, 3.63) is 0 Å². The molecule has 0 aromatic carbocycles. The molecule has 116 valence electrons. The molecule has 19 heavy (non-hydrogen) atoms. The Labute approximate surface area is 119 Å². The lowest BCUT2D eigenvalue weighted by atomic mass is 10.2. The van der Waals surface area contributed by atoms with Crippen molar-refractivity contribution in [2.45, 2.75) is 71.7 Å². The molecule has 0 fully saturated rings. The molecule has 6 heteroatoms. The third-order valence-corrected chi connectivity index (χ3v) is 5.92. The Morgan fingerprint density at radius 1 is 1.11 bits per heavy atom. The van der Waals surface area contributed by atoms with E-state index < -0.39 is 14.5 Å². The van der Waals surface area contributed by atoms with Crippen molar-refractivity contribution in [1.29, 1.82) is 0 Å². The van der Waals surface area contributed by atoms with Gasteiger partial charge in [-0.15, -0.1) is 0 Å². The van der Waals surface area contributed by atoms with Crippen LogP contribution in [0.25, 0.3) is 0 Å². The summed E-state index contributed by atoms with van der Waals surface area (Å²) in [7, 11) is -2.81. The Morgan fingerprint density at radius 3 is 1.89 bits per heavy atom. The standard InChI is InChI=1S/C13H32N2O3Si/c1-6-9-16-19(11-12(4)14,17-10-7-2)18-13(5,15)8-3/h12H,6-11,14-15H2,1-5H3. The Bertz CT molecular complexity index is 230. The van der Waals surface area contributed by atoms with Gasteiger partial charge in [0, 0.05) is 25.3 Å². The maximum atomic E-state index is 6.13. The highest BCUT2D eigenvalue weighted by Crippen LogP contribution is 2.24. The van der Waals surface area contributed by atoms with E-state index in [0.717, 1.165) is 12.8 Å². The molecule has 0 aliphatic carbocycles. The van der Waals surface area contributed by atoms with Crippen LogP contribution in [-0.2, 0) is 13.3 Å². The molecular formula is C13H32N2O3Si. The van der Waals surface area contributed by atoms with Crippen LogP contribution >= 0.6 is 0 Å². The van der Waals surface area contributed by atoms with Crippen LogP contribution in [-0.4, -0.2) is 33.8 Å². The first kappa shape index (κ1) is 19.0. The minimum atomic E-state index is -2.81. The summed E-state index contributed by atoms with van der Waals surface area (Å²) in [5.41, 5.74) is 11.3.